The minimum Gasteiger partial charge on any atom is -0.346 e. The van der Waals surface area contributed by atoms with Gasteiger partial charge in [0, 0.05) is 30.9 Å². The number of halogens is 1. The Hall–Kier alpha value is -2.17. The van der Waals surface area contributed by atoms with Crippen LogP contribution in [0.5, 0.6) is 0 Å². The van der Waals surface area contributed by atoms with Gasteiger partial charge in [-0.25, -0.2) is 9.37 Å². The zero-order valence-electron chi connectivity index (χ0n) is 14.5. The molecule has 0 unspecified atom stereocenters. The molecule has 0 spiro atoms. The minimum absolute atomic E-state index is 0.0853. The molecule has 1 aromatic carbocycles. The number of hydrogen-bond acceptors (Lipinski definition) is 2. The van der Waals surface area contributed by atoms with Crippen molar-refractivity contribution >= 4 is 5.91 Å². The van der Waals surface area contributed by atoms with E-state index in [9.17, 15) is 9.18 Å². The Morgan fingerprint density at radius 2 is 2.04 bits per heavy atom. The molecule has 1 N–H and O–H groups in total. The first-order valence-corrected chi connectivity index (χ1v) is 8.45. The number of aromatic nitrogens is 2. The quantitative estimate of drug-likeness (QED) is 0.936. The lowest BCUT2D eigenvalue weighted by molar-refractivity contribution is -0.137. The van der Waals surface area contributed by atoms with E-state index in [-0.39, 0.29) is 17.6 Å². The van der Waals surface area contributed by atoms with Crippen LogP contribution in [0.4, 0.5) is 4.39 Å². The number of H-pyrrole nitrogens is 1. The maximum atomic E-state index is 13.2. The van der Waals surface area contributed by atoms with E-state index in [0.717, 1.165) is 36.5 Å². The number of aromatic amines is 1. The van der Waals surface area contributed by atoms with Gasteiger partial charge in [0.25, 0.3) is 0 Å². The summed E-state index contributed by atoms with van der Waals surface area (Å²) in [6.07, 6.45) is 3.84. The molecule has 0 radical (unpaired) electrons. The molecule has 1 atom stereocenters. The third kappa shape index (κ3) is 3.21. The molecule has 2 aromatic rings. The van der Waals surface area contributed by atoms with E-state index in [1.807, 2.05) is 31.9 Å². The molecule has 4 nitrogen and oxygen atoms in total. The third-order valence-corrected chi connectivity index (χ3v) is 4.92. The van der Waals surface area contributed by atoms with Crippen molar-refractivity contribution in [3.8, 4) is 0 Å². The Morgan fingerprint density at radius 1 is 1.33 bits per heavy atom. The predicted molar refractivity (Wildman–Crippen MR) is 91.3 cm³/mol. The van der Waals surface area contributed by atoms with Crippen LogP contribution in [-0.4, -0.2) is 33.9 Å². The fraction of sp³-hybridized carbons (Fsp3) is 0.474. The van der Waals surface area contributed by atoms with E-state index in [0.29, 0.717) is 6.54 Å². The Morgan fingerprint density at radius 3 is 2.67 bits per heavy atom. The molecule has 1 aromatic heterocycles. The topological polar surface area (TPSA) is 49.0 Å². The number of rotatable bonds is 3. The lowest BCUT2D eigenvalue weighted by Crippen LogP contribution is -2.47. The number of likely N-dealkylation sites (tertiary alicyclic amines) is 1. The van der Waals surface area contributed by atoms with Crippen LogP contribution < -0.4 is 0 Å². The zero-order valence-corrected chi connectivity index (χ0v) is 14.5. The van der Waals surface area contributed by atoms with Crippen molar-refractivity contribution in [1.29, 1.82) is 0 Å². The Bertz CT molecular complexity index is 720. The summed E-state index contributed by atoms with van der Waals surface area (Å²) in [4.78, 5) is 22.7. The summed E-state index contributed by atoms with van der Waals surface area (Å²) in [5.74, 6) is 1.01. The molecule has 128 valence electrons. The van der Waals surface area contributed by atoms with Crippen LogP contribution in [0.15, 0.2) is 30.5 Å². The van der Waals surface area contributed by atoms with E-state index in [2.05, 4.69) is 9.97 Å². The average Bonchev–Trinajstić information content (AvgIpc) is 3.01. The van der Waals surface area contributed by atoms with Crippen molar-refractivity contribution < 1.29 is 9.18 Å². The number of aryl methyl sites for hydroxylation is 1. The van der Waals surface area contributed by atoms with Gasteiger partial charge in [0.05, 0.1) is 5.41 Å². The van der Waals surface area contributed by atoms with Gasteiger partial charge in [-0.15, -0.1) is 0 Å². The molecule has 1 aliphatic rings. The number of carbonyl (C=O) groups is 1. The molecule has 24 heavy (non-hydrogen) atoms. The van der Waals surface area contributed by atoms with Crippen LogP contribution in [0.2, 0.25) is 0 Å². The van der Waals surface area contributed by atoms with E-state index in [1.165, 1.54) is 12.1 Å². The van der Waals surface area contributed by atoms with Gasteiger partial charge in [0.2, 0.25) is 5.91 Å². The zero-order chi connectivity index (χ0) is 17.3. The molecule has 2 heterocycles. The number of carbonyl (C=O) groups excluding carboxylic acids is 1. The number of imidazole rings is 1. The lowest BCUT2D eigenvalue weighted by atomic mass is 9.82. The van der Waals surface area contributed by atoms with Crippen LogP contribution in [-0.2, 0) is 10.2 Å². The van der Waals surface area contributed by atoms with Crippen LogP contribution in [0.3, 0.4) is 0 Å². The van der Waals surface area contributed by atoms with Crippen molar-refractivity contribution in [3.05, 3.63) is 53.4 Å². The molecule has 1 amide bonds. The number of hydrogen-bond donors (Lipinski definition) is 1. The first-order valence-electron chi connectivity index (χ1n) is 8.45. The molecule has 3 rings (SSSR count). The van der Waals surface area contributed by atoms with Gasteiger partial charge < -0.3 is 9.88 Å². The van der Waals surface area contributed by atoms with Crippen molar-refractivity contribution in [3.63, 3.8) is 0 Å². The molecule has 0 aliphatic carbocycles. The Balaban J connectivity index is 1.77. The van der Waals surface area contributed by atoms with Crippen LogP contribution in [0, 0.1) is 12.7 Å². The summed E-state index contributed by atoms with van der Waals surface area (Å²) >= 11 is 0. The molecule has 0 bridgehead atoms. The second-order valence-electron chi connectivity index (χ2n) is 7.17. The second-order valence-corrected chi connectivity index (χ2v) is 7.17. The van der Waals surface area contributed by atoms with Crippen LogP contribution in [0.25, 0.3) is 0 Å². The summed E-state index contributed by atoms with van der Waals surface area (Å²) in [5.41, 5.74) is 1.21. The van der Waals surface area contributed by atoms with Crippen LogP contribution >= 0.6 is 0 Å². The van der Waals surface area contributed by atoms with E-state index >= 15 is 0 Å². The van der Waals surface area contributed by atoms with Gasteiger partial charge in [-0.2, -0.15) is 0 Å². The van der Waals surface area contributed by atoms with E-state index in [1.54, 1.807) is 12.1 Å². The van der Waals surface area contributed by atoms with Crippen molar-refractivity contribution in [2.75, 3.05) is 13.1 Å². The number of amides is 1. The van der Waals surface area contributed by atoms with Gasteiger partial charge in [0.15, 0.2) is 0 Å². The van der Waals surface area contributed by atoms with Gasteiger partial charge in [0.1, 0.15) is 11.6 Å². The largest absolute Gasteiger partial charge is 0.346 e. The Kier molecular flexibility index (Phi) is 4.43. The van der Waals surface area contributed by atoms with E-state index in [4.69, 9.17) is 0 Å². The molecule has 0 saturated carbocycles. The van der Waals surface area contributed by atoms with Crippen molar-refractivity contribution in [1.82, 2.24) is 14.9 Å². The average molecular weight is 329 g/mol. The molecule has 5 heteroatoms. The highest BCUT2D eigenvalue weighted by Crippen LogP contribution is 2.31. The normalized spacial score (nSPS) is 18.7. The van der Waals surface area contributed by atoms with Gasteiger partial charge in [-0.1, -0.05) is 12.1 Å². The standard InChI is InChI=1S/C19H24FN3O/c1-13-11-21-17(22-13)14-5-4-10-23(12-14)18(24)19(2,3)15-6-8-16(20)9-7-15/h6-9,11,14H,4-5,10,12H2,1-3H3,(H,21,22)/t14-/m1/s1. The Labute approximate surface area is 142 Å². The molecule has 1 aliphatic heterocycles. The van der Waals surface area contributed by atoms with Gasteiger partial charge in [-0.05, 0) is 51.3 Å². The monoisotopic (exact) mass is 329 g/mol. The molecule has 1 saturated heterocycles. The molecular formula is C19H24FN3O. The highest BCUT2D eigenvalue weighted by Gasteiger charge is 2.36. The minimum atomic E-state index is -0.672. The number of nitrogens with one attached hydrogen (secondary N) is 1. The maximum Gasteiger partial charge on any atom is 0.232 e. The first kappa shape index (κ1) is 16.7. The summed E-state index contributed by atoms with van der Waals surface area (Å²) in [7, 11) is 0. The van der Waals surface area contributed by atoms with Gasteiger partial charge in [-0.3, -0.25) is 4.79 Å². The van der Waals surface area contributed by atoms with Crippen molar-refractivity contribution in [2.24, 2.45) is 0 Å². The van der Waals surface area contributed by atoms with Crippen molar-refractivity contribution in [2.45, 2.75) is 44.9 Å². The highest BCUT2D eigenvalue weighted by molar-refractivity contribution is 5.87. The highest BCUT2D eigenvalue weighted by atomic mass is 19.1. The second kappa shape index (κ2) is 6.38. The maximum absolute atomic E-state index is 13.2. The summed E-state index contributed by atoms with van der Waals surface area (Å²) in [5, 5.41) is 0. The predicted octanol–water partition coefficient (Wildman–Crippen LogP) is 3.54. The fourth-order valence-electron chi connectivity index (χ4n) is 3.41. The fourth-order valence-corrected chi connectivity index (χ4v) is 3.41. The van der Waals surface area contributed by atoms with Crippen LogP contribution in [0.1, 0.15) is 49.7 Å². The summed E-state index contributed by atoms with van der Waals surface area (Å²) in [6.45, 7) is 7.24. The lowest BCUT2D eigenvalue weighted by Gasteiger charge is -2.37. The number of benzene rings is 1. The third-order valence-electron chi connectivity index (χ3n) is 4.92. The smallest absolute Gasteiger partial charge is 0.232 e. The summed E-state index contributed by atoms with van der Waals surface area (Å²) < 4.78 is 13.2. The molecule has 1 fully saturated rings. The molecular weight excluding hydrogens is 305 g/mol. The summed E-state index contributed by atoms with van der Waals surface area (Å²) in [6, 6.07) is 6.22. The first-order chi connectivity index (χ1) is 11.4. The van der Waals surface area contributed by atoms with Gasteiger partial charge >= 0.3 is 0 Å². The number of nitrogens with zero attached hydrogens (tertiary/aromatic N) is 2. The number of piperidine rings is 1. The van der Waals surface area contributed by atoms with E-state index < -0.39 is 5.41 Å². The SMILES string of the molecule is Cc1cnc([C@@H]2CCCN(C(=O)C(C)(C)c3ccc(F)cc3)C2)[nH]1.